The quantitative estimate of drug-likeness (QED) is 0.447. The molecule has 7 heteroatoms. The van der Waals surface area contributed by atoms with Crippen molar-refractivity contribution in [3.8, 4) is 11.5 Å². The first kappa shape index (κ1) is 20.4. The molecule has 1 aliphatic rings. The van der Waals surface area contributed by atoms with Crippen molar-refractivity contribution in [2.75, 3.05) is 13.2 Å². The zero-order valence-corrected chi connectivity index (χ0v) is 16.5. The molecule has 0 bridgehead atoms. The van der Waals surface area contributed by atoms with Crippen molar-refractivity contribution >= 4 is 17.7 Å². The zero-order chi connectivity index (χ0) is 20.8. The summed E-state index contributed by atoms with van der Waals surface area (Å²) in [6.45, 7) is 5.24. The number of benzene rings is 2. The highest BCUT2D eigenvalue weighted by atomic mass is 16.6. The number of para-hydroxylation sites is 1. The van der Waals surface area contributed by atoms with E-state index in [1.807, 2.05) is 32.0 Å². The SMILES string of the molecule is CC(C)[C@@H](NC(=O)/C=C/c1ccccc1[N+](=O)[O-])c1ccc2c(c1)OCCCO2. The van der Waals surface area contributed by atoms with Crippen LogP contribution in [-0.4, -0.2) is 24.0 Å². The predicted molar refractivity (Wildman–Crippen MR) is 110 cm³/mol. The smallest absolute Gasteiger partial charge is 0.276 e. The van der Waals surface area contributed by atoms with Gasteiger partial charge in [-0.2, -0.15) is 0 Å². The van der Waals surface area contributed by atoms with Gasteiger partial charge >= 0.3 is 0 Å². The standard InChI is InChI=1S/C22H24N2O5/c1-15(2)22(17-8-10-19-20(14-17)29-13-5-12-28-19)23-21(25)11-9-16-6-3-4-7-18(16)24(26)27/h3-4,6-11,14-15,22H,5,12-13H2,1-2H3,(H,23,25)/b11-9+/t22-/m1/s1. The second-order valence-corrected chi connectivity index (χ2v) is 7.14. The van der Waals surface area contributed by atoms with Gasteiger partial charge in [0.1, 0.15) is 0 Å². The van der Waals surface area contributed by atoms with Crippen LogP contribution < -0.4 is 14.8 Å². The highest BCUT2D eigenvalue weighted by Crippen LogP contribution is 2.34. The van der Waals surface area contributed by atoms with Crippen LogP contribution in [-0.2, 0) is 4.79 Å². The van der Waals surface area contributed by atoms with Gasteiger partial charge in [0.25, 0.3) is 5.69 Å². The first-order chi connectivity index (χ1) is 14.0. The van der Waals surface area contributed by atoms with Gasteiger partial charge in [-0.15, -0.1) is 0 Å². The average Bonchev–Trinajstić information content (AvgIpc) is 2.95. The number of nitro benzene ring substituents is 1. The Morgan fingerprint density at radius 3 is 2.59 bits per heavy atom. The minimum Gasteiger partial charge on any atom is -0.490 e. The fraction of sp³-hybridized carbons (Fsp3) is 0.318. The number of fused-ring (bicyclic) bond motifs is 1. The van der Waals surface area contributed by atoms with Gasteiger partial charge in [-0.05, 0) is 35.8 Å². The Kier molecular flexibility index (Phi) is 6.49. The monoisotopic (exact) mass is 396 g/mol. The molecule has 0 fully saturated rings. The highest BCUT2D eigenvalue weighted by molar-refractivity contribution is 5.92. The lowest BCUT2D eigenvalue weighted by molar-refractivity contribution is -0.385. The van der Waals surface area contributed by atoms with Crippen molar-refractivity contribution in [1.29, 1.82) is 0 Å². The van der Waals surface area contributed by atoms with E-state index < -0.39 is 4.92 Å². The molecule has 3 rings (SSSR count). The molecule has 0 saturated heterocycles. The minimum atomic E-state index is -0.466. The topological polar surface area (TPSA) is 90.7 Å². The lowest BCUT2D eigenvalue weighted by Crippen LogP contribution is -2.30. The van der Waals surface area contributed by atoms with Crippen LogP contribution in [0.15, 0.2) is 48.5 Å². The molecular weight excluding hydrogens is 372 g/mol. The Bertz CT molecular complexity index is 923. The molecule has 29 heavy (non-hydrogen) atoms. The molecule has 2 aromatic rings. The largest absolute Gasteiger partial charge is 0.490 e. The van der Waals surface area contributed by atoms with Crippen molar-refractivity contribution < 1.29 is 19.2 Å². The van der Waals surface area contributed by atoms with E-state index in [0.29, 0.717) is 30.3 Å². The predicted octanol–water partition coefficient (Wildman–Crippen LogP) is 4.28. The Labute approximate surface area is 169 Å². The van der Waals surface area contributed by atoms with E-state index in [2.05, 4.69) is 5.32 Å². The van der Waals surface area contributed by atoms with Crippen LogP contribution in [0.1, 0.15) is 37.4 Å². The van der Waals surface area contributed by atoms with Crippen LogP contribution in [0.4, 0.5) is 5.69 Å². The number of hydrogen-bond donors (Lipinski definition) is 1. The molecule has 1 amide bonds. The summed E-state index contributed by atoms with van der Waals surface area (Å²) in [4.78, 5) is 23.1. The zero-order valence-electron chi connectivity index (χ0n) is 16.5. The molecule has 0 aromatic heterocycles. The van der Waals surface area contributed by atoms with Crippen molar-refractivity contribution in [3.05, 3.63) is 69.8 Å². The number of rotatable bonds is 6. The van der Waals surface area contributed by atoms with Gasteiger partial charge in [-0.25, -0.2) is 0 Å². The highest BCUT2D eigenvalue weighted by Gasteiger charge is 2.20. The summed E-state index contributed by atoms with van der Waals surface area (Å²) in [5.41, 5.74) is 1.25. The summed E-state index contributed by atoms with van der Waals surface area (Å²) in [5.74, 6) is 1.18. The molecular formula is C22H24N2O5. The normalized spacial score (nSPS) is 14.4. The molecule has 0 unspecified atom stereocenters. The van der Waals surface area contributed by atoms with E-state index in [-0.39, 0.29) is 23.6 Å². The number of ether oxygens (including phenoxy) is 2. The fourth-order valence-electron chi connectivity index (χ4n) is 3.17. The molecule has 0 spiro atoms. The fourth-order valence-corrected chi connectivity index (χ4v) is 3.17. The Hall–Kier alpha value is -3.35. The molecule has 7 nitrogen and oxygen atoms in total. The van der Waals surface area contributed by atoms with Gasteiger partial charge in [-0.3, -0.25) is 14.9 Å². The van der Waals surface area contributed by atoms with E-state index in [9.17, 15) is 14.9 Å². The van der Waals surface area contributed by atoms with Crippen LogP contribution in [0.3, 0.4) is 0 Å². The van der Waals surface area contributed by atoms with Gasteiger partial charge < -0.3 is 14.8 Å². The summed E-state index contributed by atoms with van der Waals surface area (Å²) >= 11 is 0. The molecule has 152 valence electrons. The maximum absolute atomic E-state index is 12.5. The van der Waals surface area contributed by atoms with Crippen LogP contribution in [0.2, 0.25) is 0 Å². The van der Waals surface area contributed by atoms with E-state index in [4.69, 9.17) is 9.47 Å². The summed E-state index contributed by atoms with van der Waals surface area (Å²) in [6, 6.07) is 11.7. The lowest BCUT2D eigenvalue weighted by Gasteiger charge is -2.23. The second kappa shape index (κ2) is 9.23. The van der Waals surface area contributed by atoms with E-state index in [1.165, 1.54) is 18.2 Å². The average molecular weight is 396 g/mol. The second-order valence-electron chi connectivity index (χ2n) is 7.14. The van der Waals surface area contributed by atoms with Crippen molar-refractivity contribution in [1.82, 2.24) is 5.32 Å². The molecule has 0 aliphatic carbocycles. The van der Waals surface area contributed by atoms with Crippen molar-refractivity contribution in [2.45, 2.75) is 26.3 Å². The van der Waals surface area contributed by atoms with Gasteiger partial charge in [0.2, 0.25) is 5.91 Å². The van der Waals surface area contributed by atoms with Crippen molar-refractivity contribution in [3.63, 3.8) is 0 Å². The molecule has 0 radical (unpaired) electrons. The van der Waals surface area contributed by atoms with Gasteiger partial charge in [-0.1, -0.05) is 32.0 Å². The number of amides is 1. The Morgan fingerprint density at radius 2 is 1.86 bits per heavy atom. The summed E-state index contributed by atoms with van der Waals surface area (Å²) < 4.78 is 11.4. The summed E-state index contributed by atoms with van der Waals surface area (Å²) in [6.07, 6.45) is 3.60. The first-order valence-corrected chi connectivity index (χ1v) is 9.57. The third-order valence-corrected chi connectivity index (χ3v) is 4.64. The van der Waals surface area contributed by atoms with E-state index in [0.717, 1.165) is 12.0 Å². The van der Waals surface area contributed by atoms with Crippen LogP contribution in [0.25, 0.3) is 6.08 Å². The van der Waals surface area contributed by atoms with Crippen molar-refractivity contribution in [2.24, 2.45) is 5.92 Å². The number of carbonyl (C=O) groups is 1. The van der Waals surface area contributed by atoms with Gasteiger partial charge in [0.15, 0.2) is 11.5 Å². The molecule has 1 heterocycles. The number of carbonyl (C=O) groups excluding carboxylic acids is 1. The van der Waals surface area contributed by atoms with Gasteiger partial charge in [0.05, 0.1) is 29.7 Å². The third-order valence-electron chi connectivity index (χ3n) is 4.64. The summed E-state index contributed by atoms with van der Waals surface area (Å²) in [7, 11) is 0. The maximum atomic E-state index is 12.5. The maximum Gasteiger partial charge on any atom is 0.276 e. The molecule has 1 N–H and O–H groups in total. The summed E-state index contributed by atoms with van der Waals surface area (Å²) in [5, 5.41) is 14.1. The Balaban J connectivity index is 1.77. The number of nitro groups is 1. The molecule has 1 atom stereocenters. The molecule has 2 aromatic carbocycles. The van der Waals surface area contributed by atoms with Crippen LogP contribution in [0, 0.1) is 16.0 Å². The number of nitrogens with zero attached hydrogens (tertiary/aromatic N) is 1. The van der Waals surface area contributed by atoms with Crippen LogP contribution in [0.5, 0.6) is 11.5 Å². The molecule has 1 aliphatic heterocycles. The minimum absolute atomic E-state index is 0.0418. The lowest BCUT2D eigenvalue weighted by atomic mass is 9.95. The van der Waals surface area contributed by atoms with Gasteiger partial charge in [0, 0.05) is 18.6 Å². The van der Waals surface area contributed by atoms with Crippen LogP contribution >= 0.6 is 0 Å². The van der Waals surface area contributed by atoms with E-state index in [1.54, 1.807) is 18.2 Å². The number of nitrogens with one attached hydrogen (secondary N) is 1. The third kappa shape index (κ3) is 5.13. The molecule has 0 saturated carbocycles. The Morgan fingerprint density at radius 1 is 1.14 bits per heavy atom. The first-order valence-electron chi connectivity index (χ1n) is 9.57. The van der Waals surface area contributed by atoms with E-state index >= 15 is 0 Å². The number of hydrogen-bond acceptors (Lipinski definition) is 5.